The lowest BCUT2D eigenvalue weighted by molar-refractivity contribution is -0.265. The predicted molar refractivity (Wildman–Crippen MR) is 547 cm³/mol. The van der Waals surface area contributed by atoms with Gasteiger partial charge in [-0.3, -0.25) is 52.7 Å². The van der Waals surface area contributed by atoms with Gasteiger partial charge in [0.15, 0.2) is 11.6 Å². The molecule has 7 aliphatic rings. The van der Waals surface area contributed by atoms with Crippen LogP contribution in [0.15, 0.2) is 95.2 Å². The van der Waals surface area contributed by atoms with Gasteiger partial charge in [-0.15, -0.1) is 0 Å². The van der Waals surface area contributed by atoms with Gasteiger partial charge in [-0.1, -0.05) is 142 Å². The van der Waals surface area contributed by atoms with Crippen LogP contribution in [-0.2, 0) is 114 Å². The lowest BCUT2D eigenvalue weighted by Gasteiger charge is -2.42. The van der Waals surface area contributed by atoms with Crippen LogP contribution in [0.4, 0.5) is 0 Å². The average Bonchev–Trinajstić information content (AvgIpc) is 0.768. The van der Waals surface area contributed by atoms with Crippen LogP contribution in [0, 0.1) is 81.8 Å². The zero-order valence-electron chi connectivity index (χ0n) is 91.2. The zero-order valence-corrected chi connectivity index (χ0v) is 91.2. The Morgan fingerprint density at radius 3 is 1.34 bits per heavy atom. The molecule has 0 spiro atoms. The van der Waals surface area contributed by atoms with E-state index in [4.69, 9.17) is 52.1 Å². The van der Waals surface area contributed by atoms with Crippen LogP contribution in [0.5, 0.6) is 0 Å². The van der Waals surface area contributed by atoms with Crippen molar-refractivity contribution in [1.82, 2.24) is 9.80 Å². The highest BCUT2D eigenvalue weighted by Crippen LogP contribution is 2.42. The number of hydrogen-bond donors (Lipinski definition) is 10. The van der Waals surface area contributed by atoms with Crippen molar-refractivity contribution in [1.29, 1.82) is 0 Å². The number of ketones is 7. The van der Waals surface area contributed by atoms with Crippen molar-refractivity contribution in [2.24, 2.45) is 81.8 Å². The van der Waals surface area contributed by atoms with Crippen LogP contribution in [0.25, 0.3) is 0 Å². The van der Waals surface area contributed by atoms with Crippen LogP contribution in [0.3, 0.4) is 0 Å². The Bertz CT molecular complexity index is 4640. The second-order valence-corrected chi connectivity index (χ2v) is 43.4. The maximum atomic E-state index is 14.5. The molecule has 0 aromatic rings. The molecule has 10 N–H and O–H groups in total. The van der Waals surface area contributed by atoms with Crippen LogP contribution in [-0.4, -0.2) is 335 Å². The fourth-order valence-corrected chi connectivity index (χ4v) is 20.8. The number of methoxy groups -OCH3 is 6. The largest absolute Gasteiger partial charge is 0.460 e. The van der Waals surface area contributed by atoms with Crippen molar-refractivity contribution < 1.29 is 165 Å². The molecule has 2 amide bonds. The van der Waals surface area contributed by atoms with Gasteiger partial charge in [0.1, 0.15) is 83.3 Å². The van der Waals surface area contributed by atoms with Crippen LogP contribution in [0.1, 0.15) is 252 Å². The summed E-state index contributed by atoms with van der Waals surface area (Å²) in [6, 6.07) is -2.51. The maximum Gasteiger partial charge on any atom is 0.329 e. The molecule has 2 bridgehead atoms. The summed E-state index contributed by atoms with van der Waals surface area (Å²) in [5, 5.41) is 107. The third kappa shape index (κ3) is 35.4. The van der Waals surface area contributed by atoms with Crippen LogP contribution >= 0.6 is 0 Å². The Labute approximate surface area is 874 Å². The number of amides is 2. The summed E-state index contributed by atoms with van der Waals surface area (Å²) in [5.41, 5.74) is -0.849. The first kappa shape index (κ1) is 128. The molecule has 0 aromatic heterocycles. The average molecular weight is 2090 g/mol. The van der Waals surface area contributed by atoms with E-state index in [1.54, 1.807) is 97.9 Å². The van der Waals surface area contributed by atoms with Gasteiger partial charge in [0.25, 0.3) is 23.4 Å². The molecule has 836 valence electrons. The molecular weight excluding hydrogens is 1920 g/mol. The van der Waals surface area contributed by atoms with Gasteiger partial charge in [-0.2, -0.15) is 0 Å². The van der Waals surface area contributed by atoms with Crippen molar-refractivity contribution >= 4 is 76.2 Å². The molecular formula is C112H174N2O34. The molecule has 2 aliphatic carbocycles. The summed E-state index contributed by atoms with van der Waals surface area (Å²) >= 11 is 0. The van der Waals surface area contributed by atoms with Crippen molar-refractivity contribution in [2.75, 3.05) is 82.2 Å². The highest BCUT2D eigenvalue weighted by atomic mass is 16.6. The fraction of sp³-hybridized carbons (Fsp3) is 0.741. The van der Waals surface area contributed by atoms with Crippen LogP contribution in [0.2, 0.25) is 0 Å². The lowest BCUT2D eigenvalue weighted by atomic mass is 9.78. The van der Waals surface area contributed by atoms with E-state index in [0.717, 1.165) is 20.9 Å². The SMILES string of the molecule is COC1CC(O)CC(O)C(C)C(=O)C(=O)C(=O)N2CCCCC2C(=O)OC(C(C)CC2CCC(OC(=O)C(C)(CO)CO)C(OC)C2)CC(=O)C(C)/C=C(\C)C(O)C(OC)C(=O)C(C)CC(C)/C=C/C=C/C=C1C.COC1CC2CCC(C)C(O)(O2)C(=O)C(=O)N2CCCCC2C(=O)OC(C(C)CC2CCC(OC(=O)C(C)(CO)CO)C(OC)C2)CC(=O)C(C)/C=C(\C)C(O)C(OC)C(=O)C(C)C(O)C(C)/C=C/C=CC=C1C. The third-order valence-corrected chi connectivity index (χ3v) is 31.5. The van der Waals surface area contributed by atoms with E-state index in [0.29, 0.717) is 102 Å². The van der Waals surface area contributed by atoms with Crippen molar-refractivity contribution in [2.45, 2.75) is 368 Å². The normalized spacial score (nSPS) is 36.0. The number of carbonyl (C=O) groups is 13. The van der Waals surface area contributed by atoms with E-state index in [-0.39, 0.29) is 98.7 Å². The second-order valence-electron chi connectivity index (χ2n) is 43.4. The number of ether oxygens (including phenoxy) is 11. The molecule has 31 atom stereocenters. The number of nitrogens with zero attached hydrogens (tertiary/aromatic N) is 2. The summed E-state index contributed by atoms with van der Waals surface area (Å²) in [7, 11) is 8.61. The minimum Gasteiger partial charge on any atom is -0.460 e. The monoisotopic (exact) mass is 2090 g/mol. The molecule has 5 fully saturated rings. The molecule has 7 rings (SSSR count). The van der Waals surface area contributed by atoms with Gasteiger partial charge in [0, 0.05) is 129 Å². The molecule has 2 saturated carbocycles. The van der Waals surface area contributed by atoms with Gasteiger partial charge in [0.05, 0.1) is 75.3 Å². The minimum absolute atomic E-state index is 0.0306. The number of esters is 4. The fourth-order valence-electron chi connectivity index (χ4n) is 20.8. The van der Waals surface area contributed by atoms with Crippen LogP contribution < -0.4 is 0 Å². The summed E-state index contributed by atoms with van der Waals surface area (Å²) in [6.07, 6.45) is 12.1. The van der Waals surface area contributed by atoms with E-state index >= 15 is 0 Å². The first-order valence-corrected chi connectivity index (χ1v) is 52.8. The highest BCUT2D eigenvalue weighted by molar-refractivity contribution is 6.63. The van der Waals surface area contributed by atoms with Gasteiger partial charge in [-0.05, 0) is 203 Å². The lowest BCUT2D eigenvalue weighted by Crippen LogP contribution is -2.61. The molecule has 5 aliphatic heterocycles. The summed E-state index contributed by atoms with van der Waals surface area (Å²) in [5.74, 6) is -20.3. The Morgan fingerprint density at radius 1 is 0.473 bits per heavy atom. The first-order chi connectivity index (χ1) is 69.8. The second kappa shape index (κ2) is 61.0. The molecule has 36 heteroatoms. The topological polar surface area (TPSA) is 532 Å². The molecule has 148 heavy (non-hydrogen) atoms. The number of hydrogen-bond acceptors (Lipinski definition) is 34. The zero-order chi connectivity index (χ0) is 111. The van der Waals surface area contributed by atoms with Crippen molar-refractivity contribution in [3.05, 3.63) is 95.2 Å². The van der Waals surface area contributed by atoms with E-state index in [2.05, 4.69) is 0 Å². The smallest absolute Gasteiger partial charge is 0.329 e. The molecule has 5 heterocycles. The molecule has 0 aromatic carbocycles. The van der Waals surface area contributed by atoms with E-state index in [9.17, 15) is 113 Å². The summed E-state index contributed by atoms with van der Waals surface area (Å²) in [6.45, 7) is 24.1. The van der Waals surface area contributed by atoms with E-state index in [1.165, 1.54) is 69.5 Å². The first-order valence-electron chi connectivity index (χ1n) is 52.8. The Hall–Kier alpha value is -8.25. The predicted octanol–water partition coefficient (Wildman–Crippen LogP) is 9.23. The van der Waals surface area contributed by atoms with Crippen molar-refractivity contribution in [3.63, 3.8) is 0 Å². The third-order valence-electron chi connectivity index (χ3n) is 31.5. The number of Topliss-reactive ketones (excluding diaryl/α,β-unsaturated/α-hetero) is 7. The minimum atomic E-state index is -2.49. The molecule has 3 saturated heterocycles. The molecule has 31 unspecified atom stereocenters. The van der Waals surface area contributed by atoms with Gasteiger partial charge in [-0.25, -0.2) is 9.59 Å². The number of carbonyl (C=O) groups excluding carboxylic acids is 13. The standard InChI is InChI=1S/2C56H87NO17/c1-32-17-13-12-14-18-33(2)47(61)38(7)49(63)50(71-11)48(62)36(5)25-34(3)42(60)29-45(35(4)26-39-21-23-43(46(27-39)70-10)73-54(67)55(8,30-58)31-59)72-53(66)41-19-15-16-24-57(41)52(65)51(64)56(68)37(6)20-22-40(74-56)28-44(32)69-9;1-32-17-13-12-14-18-33(2)45(70-9)28-40(60)27-43(62)38(7)50(65)51(66)53(67)57-22-16-15-19-41(57)54(68)73-46(29-42(61)34(3)24-37(6)49(64)52(72-11)48(63)36(5)23-32)35(4)25-39-20-21-44(47(26-39)71-10)74-55(69)56(8,30-58)31-59/h12-14,17-18,25,33-35,37-41,43-48,50,58-59,61-62,68H,15-16,19-24,26-31H2,1-11H3;12-14,17-18,24,32,34-36,38-41,43-47,49,52,58-60,62,64H,15-16,19-23,25-31H2,1-11H3/b13-12?,18-14+,32-17?,36-25+;14-12+,17-13+,33-18?,37-24+. The Kier molecular flexibility index (Phi) is 52.9. The number of aliphatic hydroxyl groups excluding tert-OH is 9. The quantitative estimate of drug-likeness (QED) is 0.0235. The molecule has 36 nitrogen and oxygen atoms in total. The van der Waals surface area contributed by atoms with Gasteiger partial charge >= 0.3 is 23.9 Å². The van der Waals surface area contributed by atoms with E-state index in [1.807, 2.05) is 58.9 Å². The van der Waals surface area contributed by atoms with Crippen molar-refractivity contribution in [3.8, 4) is 0 Å². The number of piperidine rings is 2. The molecule has 0 radical (unpaired) electrons. The van der Waals surface area contributed by atoms with Gasteiger partial charge < -0.3 is 113 Å². The Balaban J connectivity index is 0.000000452. The number of rotatable bonds is 20. The van der Waals surface area contributed by atoms with E-state index < -0.39 is 265 Å². The maximum absolute atomic E-state index is 14.5. The number of fused-ring (bicyclic) bond motifs is 4. The number of aliphatic hydroxyl groups is 10. The number of allylic oxidation sites excluding steroid dienone is 11. The Morgan fingerprint density at radius 2 is 0.905 bits per heavy atom. The van der Waals surface area contributed by atoms with Gasteiger partial charge in [0.2, 0.25) is 11.6 Å². The number of cyclic esters (lactones) is 2. The highest BCUT2D eigenvalue weighted by Gasteiger charge is 2.55. The summed E-state index contributed by atoms with van der Waals surface area (Å²) < 4.78 is 64.2. The summed E-state index contributed by atoms with van der Waals surface area (Å²) in [4.78, 5) is 183.